The fourth-order valence-corrected chi connectivity index (χ4v) is 1.89. The van der Waals surface area contributed by atoms with E-state index < -0.39 is 32.8 Å². The molecule has 1 rings (SSSR count). The standard InChI is InChI=1S/C10H13F3N2O3S/c1-6(16)5-15-9-3-2-7(19(14,17)18)4-8(9)10(11,12)13/h2-4,6,15-16H,5H2,1H3,(H2,14,17,18). The summed E-state index contributed by atoms with van der Waals surface area (Å²) in [5, 5.41) is 16.2. The first-order valence-electron chi connectivity index (χ1n) is 5.18. The van der Waals surface area contributed by atoms with Gasteiger partial charge in [-0.3, -0.25) is 0 Å². The summed E-state index contributed by atoms with van der Waals surface area (Å²) in [5.74, 6) is 0. The maximum absolute atomic E-state index is 12.8. The van der Waals surface area contributed by atoms with Crippen LogP contribution in [0.25, 0.3) is 0 Å². The molecule has 4 N–H and O–H groups in total. The molecule has 0 fully saturated rings. The summed E-state index contributed by atoms with van der Waals surface area (Å²) in [6.07, 6.45) is -5.58. The van der Waals surface area contributed by atoms with E-state index in [9.17, 15) is 21.6 Å². The zero-order valence-electron chi connectivity index (χ0n) is 9.90. The van der Waals surface area contributed by atoms with Crippen molar-refractivity contribution in [2.45, 2.75) is 24.1 Å². The van der Waals surface area contributed by atoms with Crippen LogP contribution >= 0.6 is 0 Å². The van der Waals surface area contributed by atoms with Crippen molar-refractivity contribution in [2.75, 3.05) is 11.9 Å². The summed E-state index contributed by atoms with van der Waals surface area (Å²) in [6.45, 7) is 1.30. The number of halogens is 3. The molecule has 0 aliphatic rings. The number of primary sulfonamides is 1. The van der Waals surface area contributed by atoms with Gasteiger partial charge in [0.2, 0.25) is 10.0 Å². The van der Waals surface area contributed by atoms with E-state index in [1.165, 1.54) is 6.92 Å². The van der Waals surface area contributed by atoms with E-state index >= 15 is 0 Å². The largest absolute Gasteiger partial charge is 0.418 e. The minimum absolute atomic E-state index is 0.0994. The molecule has 5 nitrogen and oxygen atoms in total. The van der Waals surface area contributed by atoms with Crippen LogP contribution in [0.15, 0.2) is 23.1 Å². The topological polar surface area (TPSA) is 92.4 Å². The molecule has 1 aromatic carbocycles. The van der Waals surface area contributed by atoms with Crippen LogP contribution in [0.2, 0.25) is 0 Å². The van der Waals surface area contributed by atoms with Crippen molar-refractivity contribution in [2.24, 2.45) is 5.14 Å². The van der Waals surface area contributed by atoms with E-state index in [0.717, 1.165) is 12.1 Å². The molecule has 1 unspecified atom stereocenters. The quantitative estimate of drug-likeness (QED) is 0.777. The number of alkyl halides is 3. The van der Waals surface area contributed by atoms with Gasteiger partial charge in [0.25, 0.3) is 0 Å². The van der Waals surface area contributed by atoms with Gasteiger partial charge >= 0.3 is 6.18 Å². The Morgan fingerprint density at radius 1 is 1.42 bits per heavy atom. The summed E-state index contributed by atoms with van der Waals surface area (Å²) >= 11 is 0. The predicted octanol–water partition coefficient (Wildman–Crippen LogP) is 1.15. The highest BCUT2D eigenvalue weighted by Crippen LogP contribution is 2.36. The Morgan fingerprint density at radius 3 is 2.42 bits per heavy atom. The number of aliphatic hydroxyl groups excluding tert-OH is 1. The van der Waals surface area contributed by atoms with Crippen LogP contribution in [0.3, 0.4) is 0 Å². The van der Waals surface area contributed by atoms with E-state index in [1.807, 2.05) is 0 Å². The first kappa shape index (κ1) is 15.7. The van der Waals surface area contributed by atoms with Gasteiger partial charge < -0.3 is 10.4 Å². The number of nitrogens with two attached hydrogens (primary N) is 1. The van der Waals surface area contributed by atoms with Crippen molar-refractivity contribution in [1.29, 1.82) is 0 Å². The molecular weight excluding hydrogens is 285 g/mol. The average molecular weight is 298 g/mol. The minimum atomic E-state index is -4.73. The van der Waals surface area contributed by atoms with Crippen LogP contribution in [0.4, 0.5) is 18.9 Å². The van der Waals surface area contributed by atoms with Gasteiger partial charge in [-0.05, 0) is 25.1 Å². The van der Waals surface area contributed by atoms with Crippen LogP contribution in [0.5, 0.6) is 0 Å². The molecule has 0 aromatic heterocycles. The zero-order valence-corrected chi connectivity index (χ0v) is 10.7. The SMILES string of the molecule is CC(O)CNc1ccc(S(N)(=O)=O)cc1C(F)(F)F. The summed E-state index contributed by atoms with van der Waals surface area (Å²) in [4.78, 5) is -0.623. The second-order valence-corrected chi connectivity index (χ2v) is 5.54. The van der Waals surface area contributed by atoms with E-state index in [0.29, 0.717) is 6.07 Å². The lowest BCUT2D eigenvalue weighted by Crippen LogP contribution is -2.19. The van der Waals surface area contributed by atoms with E-state index in [2.05, 4.69) is 5.32 Å². The second kappa shape index (κ2) is 5.35. The molecule has 19 heavy (non-hydrogen) atoms. The van der Waals surface area contributed by atoms with Gasteiger partial charge in [-0.2, -0.15) is 13.2 Å². The summed E-state index contributed by atoms with van der Waals surface area (Å²) in [5.41, 5.74) is -1.47. The van der Waals surface area contributed by atoms with Gasteiger partial charge in [0, 0.05) is 12.2 Å². The molecule has 9 heteroatoms. The molecule has 0 spiro atoms. The molecule has 0 aliphatic carbocycles. The van der Waals surface area contributed by atoms with Crippen LogP contribution in [0, 0.1) is 0 Å². The first-order valence-corrected chi connectivity index (χ1v) is 6.72. The van der Waals surface area contributed by atoms with E-state index in [1.54, 1.807) is 0 Å². The molecule has 1 atom stereocenters. The summed E-state index contributed by atoms with van der Waals surface area (Å²) < 4.78 is 60.5. The Kier molecular flexibility index (Phi) is 4.43. The molecule has 0 bridgehead atoms. The number of nitrogens with one attached hydrogen (secondary N) is 1. The molecule has 0 heterocycles. The maximum atomic E-state index is 12.8. The van der Waals surface area contributed by atoms with Gasteiger partial charge in [-0.25, -0.2) is 13.6 Å². The Bertz CT molecular complexity index is 556. The number of sulfonamides is 1. The van der Waals surface area contributed by atoms with Gasteiger partial charge in [-0.15, -0.1) is 0 Å². The normalized spacial score (nSPS) is 14.2. The average Bonchev–Trinajstić information content (AvgIpc) is 2.23. The Labute approximate surface area is 108 Å². The fraction of sp³-hybridized carbons (Fsp3) is 0.400. The molecule has 0 amide bonds. The van der Waals surface area contributed by atoms with Crippen LogP contribution in [-0.4, -0.2) is 26.2 Å². The molecule has 1 aromatic rings. The Hall–Kier alpha value is -1.32. The van der Waals surface area contributed by atoms with E-state index in [4.69, 9.17) is 10.2 Å². The van der Waals surface area contributed by atoms with Gasteiger partial charge in [-0.1, -0.05) is 0 Å². The third-order valence-corrected chi connectivity index (χ3v) is 3.12. The van der Waals surface area contributed by atoms with Gasteiger partial charge in [0.05, 0.1) is 16.6 Å². The summed E-state index contributed by atoms with van der Waals surface area (Å²) in [6, 6.07) is 2.39. The smallest absolute Gasteiger partial charge is 0.392 e. The third-order valence-electron chi connectivity index (χ3n) is 2.21. The number of rotatable bonds is 4. The number of hydrogen-bond donors (Lipinski definition) is 3. The molecule has 0 radical (unpaired) electrons. The highest BCUT2D eigenvalue weighted by atomic mass is 32.2. The lowest BCUT2D eigenvalue weighted by molar-refractivity contribution is -0.137. The number of aliphatic hydroxyl groups is 1. The Morgan fingerprint density at radius 2 is 2.00 bits per heavy atom. The fourth-order valence-electron chi connectivity index (χ4n) is 1.35. The van der Waals surface area contributed by atoms with E-state index in [-0.39, 0.29) is 12.2 Å². The Balaban J connectivity index is 3.26. The van der Waals surface area contributed by atoms with Crippen molar-refractivity contribution in [3.05, 3.63) is 23.8 Å². The highest BCUT2D eigenvalue weighted by Gasteiger charge is 2.34. The van der Waals surface area contributed by atoms with Crippen molar-refractivity contribution in [3.63, 3.8) is 0 Å². The molecule has 0 saturated carbocycles. The van der Waals surface area contributed by atoms with Crippen molar-refractivity contribution < 1.29 is 26.7 Å². The third kappa shape index (κ3) is 4.37. The van der Waals surface area contributed by atoms with Crippen molar-refractivity contribution in [3.8, 4) is 0 Å². The van der Waals surface area contributed by atoms with Crippen LogP contribution in [0.1, 0.15) is 12.5 Å². The summed E-state index contributed by atoms with van der Waals surface area (Å²) in [7, 11) is -4.21. The first-order chi connectivity index (χ1) is 8.51. The number of benzene rings is 1. The molecule has 0 aliphatic heterocycles. The van der Waals surface area contributed by atoms with Crippen LogP contribution < -0.4 is 10.5 Å². The predicted molar refractivity (Wildman–Crippen MR) is 63.0 cm³/mol. The monoisotopic (exact) mass is 298 g/mol. The second-order valence-electron chi connectivity index (χ2n) is 3.98. The number of hydrogen-bond acceptors (Lipinski definition) is 4. The highest BCUT2D eigenvalue weighted by molar-refractivity contribution is 7.89. The minimum Gasteiger partial charge on any atom is -0.392 e. The molecule has 108 valence electrons. The molecular formula is C10H13F3N2O3S. The van der Waals surface area contributed by atoms with Crippen molar-refractivity contribution in [1.82, 2.24) is 0 Å². The zero-order chi connectivity index (χ0) is 14.8. The lowest BCUT2D eigenvalue weighted by atomic mass is 10.1. The van der Waals surface area contributed by atoms with Gasteiger partial charge in [0.15, 0.2) is 0 Å². The molecule has 0 saturated heterocycles. The maximum Gasteiger partial charge on any atom is 0.418 e. The van der Waals surface area contributed by atoms with Crippen LogP contribution in [-0.2, 0) is 16.2 Å². The van der Waals surface area contributed by atoms with Crippen molar-refractivity contribution >= 4 is 15.7 Å². The lowest BCUT2D eigenvalue weighted by Gasteiger charge is -2.16. The van der Waals surface area contributed by atoms with Gasteiger partial charge in [0.1, 0.15) is 0 Å². The number of anilines is 1.